The van der Waals surface area contributed by atoms with Gasteiger partial charge in [0, 0.05) is 13.5 Å². The van der Waals surface area contributed by atoms with Crippen molar-refractivity contribution in [1.82, 2.24) is 0 Å². The number of rotatable bonds is 11. The SMILES string of the molecule is CCCOc1ccc(COCCCCCOC(C)=O)cc1. The van der Waals surface area contributed by atoms with Gasteiger partial charge in [0.05, 0.1) is 19.8 Å². The first-order valence-electron chi connectivity index (χ1n) is 7.65. The molecule has 0 atom stereocenters. The molecule has 0 amide bonds. The van der Waals surface area contributed by atoms with E-state index in [4.69, 9.17) is 14.2 Å². The summed E-state index contributed by atoms with van der Waals surface area (Å²) in [6.07, 6.45) is 3.91. The van der Waals surface area contributed by atoms with Gasteiger partial charge in [-0.15, -0.1) is 0 Å². The van der Waals surface area contributed by atoms with Crippen LogP contribution in [0.15, 0.2) is 24.3 Å². The van der Waals surface area contributed by atoms with E-state index in [9.17, 15) is 4.79 Å². The molecule has 0 fully saturated rings. The Morgan fingerprint density at radius 2 is 1.71 bits per heavy atom. The third-order valence-electron chi connectivity index (χ3n) is 2.90. The molecular formula is C17H26O4. The van der Waals surface area contributed by atoms with Crippen molar-refractivity contribution in [2.45, 2.75) is 46.1 Å². The van der Waals surface area contributed by atoms with Crippen LogP contribution in [-0.4, -0.2) is 25.8 Å². The van der Waals surface area contributed by atoms with Gasteiger partial charge < -0.3 is 14.2 Å². The summed E-state index contributed by atoms with van der Waals surface area (Å²) in [5.74, 6) is 0.698. The molecule has 118 valence electrons. The van der Waals surface area contributed by atoms with Crippen LogP contribution in [0.4, 0.5) is 0 Å². The van der Waals surface area contributed by atoms with E-state index >= 15 is 0 Å². The van der Waals surface area contributed by atoms with Crippen molar-refractivity contribution in [1.29, 1.82) is 0 Å². The van der Waals surface area contributed by atoms with E-state index in [1.165, 1.54) is 6.92 Å². The summed E-state index contributed by atoms with van der Waals surface area (Å²) < 4.78 is 16.0. The van der Waals surface area contributed by atoms with Crippen molar-refractivity contribution in [3.8, 4) is 5.75 Å². The Hall–Kier alpha value is -1.55. The molecule has 4 nitrogen and oxygen atoms in total. The zero-order valence-corrected chi connectivity index (χ0v) is 13.1. The summed E-state index contributed by atoms with van der Waals surface area (Å²) in [6, 6.07) is 8.03. The van der Waals surface area contributed by atoms with E-state index < -0.39 is 0 Å². The van der Waals surface area contributed by atoms with E-state index in [2.05, 4.69) is 6.92 Å². The third-order valence-corrected chi connectivity index (χ3v) is 2.90. The highest BCUT2D eigenvalue weighted by Gasteiger charge is 1.97. The Labute approximate surface area is 127 Å². The topological polar surface area (TPSA) is 44.8 Å². The fraction of sp³-hybridized carbons (Fsp3) is 0.588. The van der Waals surface area contributed by atoms with Crippen LogP contribution < -0.4 is 4.74 Å². The summed E-state index contributed by atoms with van der Waals surface area (Å²) >= 11 is 0. The predicted octanol–water partition coefficient (Wildman–Crippen LogP) is 3.73. The molecule has 0 saturated carbocycles. The lowest BCUT2D eigenvalue weighted by Gasteiger charge is -2.07. The van der Waals surface area contributed by atoms with Crippen molar-refractivity contribution in [3.63, 3.8) is 0 Å². The smallest absolute Gasteiger partial charge is 0.302 e. The molecule has 0 N–H and O–H groups in total. The van der Waals surface area contributed by atoms with Crippen LogP contribution in [0, 0.1) is 0 Å². The number of esters is 1. The first-order chi connectivity index (χ1) is 10.2. The molecule has 0 aliphatic rings. The molecule has 1 rings (SSSR count). The quantitative estimate of drug-likeness (QED) is 0.461. The molecule has 0 spiro atoms. The van der Waals surface area contributed by atoms with Crippen molar-refractivity contribution >= 4 is 5.97 Å². The Morgan fingerprint density at radius 1 is 1.00 bits per heavy atom. The molecule has 0 radical (unpaired) electrons. The van der Waals surface area contributed by atoms with Crippen LogP contribution in [-0.2, 0) is 20.9 Å². The molecule has 0 bridgehead atoms. The minimum atomic E-state index is -0.211. The summed E-state index contributed by atoms with van der Waals surface area (Å²) in [4.78, 5) is 10.6. The summed E-state index contributed by atoms with van der Waals surface area (Å²) in [5.41, 5.74) is 1.15. The van der Waals surface area contributed by atoms with E-state index in [1.54, 1.807) is 0 Å². The fourth-order valence-corrected chi connectivity index (χ4v) is 1.79. The molecular weight excluding hydrogens is 268 g/mol. The second kappa shape index (κ2) is 11.1. The average Bonchev–Trinajstić information content (AvgIpc) is 2.48. The Kier molecular flexibility index (Phi) is 9.29. The van der Waals surface area contributed by atoms with Crippen LogP contribution in [0.1, 0.15) is 45.1 Å². The normalized spacial score (nSPS) is 10.4. The zero-order chi connectivity index (χ0) is 15.3. The van der Waals surface area contributed by atoms with Gasteiger partial charge in [0.25, 0.3) is 0 Å². The Bertz CT molecular complexity index is 386. The maximum Gasteiger partial charge on any atom is 0.302 e. The van der Waals surface area contributed by atoms with E-state index in [0.29, 0.717) is 13.2 Å². The first kappa shape index (κ1) is 17.5. The molecule has 0 saturated heterocycles. The highest BCUT2D eigenvalue weighted by atomic mass is 16.5. The van der Waals surface area contributed by atoms with E-state index in [0.717, 1.165) is 50.2 Å². The number of unbranched alkanes of at least 4 members (excludes halogenated alkanes) is 2. The molecule has 0 aliphatic carbocycles. The van der Waals surface area contributed by atoms with Crippen molar-refractivity contribution in [2.24, 2.45) is 0 Å². The third kappa shape index (κ3) is 9.08. The predicted molar refractivity (Wildman–Crippen MR) is 82.4 cm³/mol. The Morgan fingerprint density at radius 3 is 2.38 bits per heavy atom. The van der Waals surface area contributed by atoms with Crippen molar-refractivity contribution in [2.75, 3.05) is 19.8 Å². The highest BCUT2D eigenvalue weighted by Crippen LogP contribution is 2.13. The van der Waals surface area contributed by atoms with Crippen molar-refractivity contribution in [3.05, 3.63) is 29.8 Å². The number of ether oxygens (including phenoxy) is 3. The summed E-state index contributed by atoms with van der Waals surface area (Å²) in [5, 5.41) is 0. The molecule has 21 heavy (non-hydrogen) atoms. The lowest BCUT2D eigenvalue weighted by atomic mass is 10.2. The van der Waals surface area contributed by atoms with Crippen LogP contribution in [0.5, 0.6) is 5.75 Å². The lowest BCUT2D eigenvalue weighted by Crippen LogP contribution is -2.01. The minimum Gasteiger partial charge on any atom is -0.494 e. The van der Waals surface area contributed by atoms with Gasteiger partial charge in [0.15, 0.2) is 0 Å². The van der Waals surface area contributed by atoms with E-state index in [-0.39, 0.29) is 5.97 Å². The van der Waals surface area contributed by atoms with Gasteiger partial charge in [-0.3, -0.25) is 4.79 Å². The van der Waals surface area contributed by atoms with Crippen LogP contribution in [0.2, 0.25) is 0 Å². The first-order valence-corrected chi connectivity index (χ1v) is 7.65. The van der Waals surface area contributed by atoms with E-state index in [1.807, 2.05) is 24.3 Å². The largest absolute Gasteiger partial charge is 0.494 e. The maximum atomic E-state index is 10.6. The van der Waals surface area contributed by atoms with Gasteiger partial charge in [-0.05, 0) is 43.4 Å². The number of carbonyl (C=O) groups is 1. The minimum absolute atomic E-state index is 0.211. The van der Waals surface area contributed by atoms with Gasteiger partial charge >= 0.3 is 5.97 Å². The number of benzene rings is 1. The molecule has 0 aliphatic heterocycles. The highest BCUT2D eigenvalue weighted by molar-refractivity contribution is 5.65. The molecule has 1 aromatic carbocycles. The van der Waals surface area contributed by atoms with Crippen LogP contribution in [0.25, 0.3) is 0 Å². The van der Waals surface area contributed by atoms with Gasteiger partial charge in [0.1, 0.15) is 5.75 Å². The van der Waals surface area contributed by atoms with Gasteiger partial charge in [-0.25, -0.2) is 0 Å². The lowest BCUT2D eigenvalue weighted by molar-refractivity contribution is -0.141. The fourth-order valence-electron chi connectivity index (χ4n) is 1.79. The molecule has 4 heteroatoms. The summed E-state index contributed by atoms with van der Waals surface area (Å²) in [7, 11) is 0. The second-order valence-electron chi connectivity index (χ2n) is 4.95. The number of carbonyl (C=O) groups excluding carboxylic acids is 1. The van der Waals surface area contributed by atoms with Gasteiger partial charge in [0.2, 0.25) is 0 Å². The maximum absolute atomic E-state index is 10.6. The monoisotopic (exact) mass is 294 g/mol. The standard InChI is InChI=1S/C17H26O4/c1-3-11-21-17-9-7-16(8-10-17)14-19-12-5-4-6-13-20-15(2)18/h7-10H,3-6,11-14H2,1-2H3. The molecule has 1 aromatic rings. The summed E-state index contributed by atoms with van der Waals surface area (Å²) in [6.45, 7) is 6.14. The Balaban J connectivity index is 2.03. The molecule has 0 unspecified atom stereocenters. The van der Waals surface area contributed by atoms with Gasteiger partial charge in [-0.2, -0.15) is 0 Å². The average molecular weight is 294 g/mol. The second-order valence-corrected chi connectivity index (χ2v) is 4.95. The zero-order valence-electron chi connectivity index (χ0n) is 13.1. The van der Waals surface area contributed by atoms with Gasteiger partial charge in [-0.1, -0.05) is 19.1 Å². The molecule has 0 aromatic heterocycles. The molecule has 0 heterocycles. The van der Waals surface area contributed by atoms with Crippen molar-refractivity contribution < 1.29 is 19.0 Å². The number of hydrogen-bond donors (Lipinski definition) is 0. The van der Waals surface area contributed by atoms with Crippen LogP contribution in [0.3, 0.4) is 0 Å². The van der Waals surface area contributed by atoms with Crippen LogP contribution >= 0.6 is 0 Å². The number of hydrogen-bond acceptors (Lipinski definition) is 4.